The van der Waals surface area contributed by atoms with E-state index in [4.69, 9.17) is 0 Å². The summed E-state index contributed by atoms with van der Waals surface area (Å²) >= 11 is 3.34. The Morgan fingerprint density at radius 1 is 1.22 bits per heavy atom. The van der Waals surface area contributed by atoms with E-state index < -0.39 is 6.10 Å². The largest absolute Gasteiger partial charge is 0.386 e. The molecule has 0 aliphatic rings. The Bertz CT molecular complexity index is 840. The Labute approximate surface area is 142 Å². The van der Waals surface area contributed by atoms with Crippen molar-refractivity contribution >= 4 is 32.7 Å². The summed E-state index contributed by atoms with van der Waals surface area (Å²) in [5.74, 6) is -0.197. The highest BCUT2D eigenvalue weighted by molar-refractivity contribution is 9.10. The van der Waals surface area contributed by atoms with Crippen molar-refractivity contribution in [2.75, 3.05) is 6.54 Å². The molecule has 3 aromatic rings. The highest BCUT2D eigenvalue weighted by Gasteiger charge is 2.15. The molecule has 0 aliphatic heterocycles. The van der Waals surface area contributed by atoms with Crippen molar-refractivity contribution in [2.24, 2.45) is 7.05 Å². The van der Waals surface area contributed by atoms with Crippen LogP contribution in [0.1, 0.15) is 22.0 Å². The average molecular weight is 373 g/mol. The number of aliphatic hydroxyl groups excluding tert-OH is 1. The molecule has 1 atom stereocenters. The van der Waals surface area contributed by atoms with Crippen molar-refractivity contribution < 1.29 is 9.90 Å². The molecule has 2 N–H and O–H groups in total. The number of carbonyl (C=O) groups is 1. The number of para-hydroxylation sites is 1. The molecule has 0 aliphatic carbocycles. The summed E-state index contributed by atoms with van der Waals surface area (Å²) in [5, 5.41) is 14.2. The van der Waals surface area contributed by atoms with Crippen molar-refractivity contribution in [1.82, 2.24) is 9.88 Å². The second-order valence-corrected chi connectivity index (χ2v) is 6.36. The van der Waals surface area contributed by atoms with E-state index in [1.165, 1.54) is 0 Å². The van der Waals surface area contributed by atoms with Gasteiger partial charge in [-0.05, 0) is 30.3 Å². The van der Waals surface area contributed by atoms with Crippen LogP contribution in [0.4, 0.5) is 0 Å². The quantitative estimate of drug-likeness (QED) is 0.737. The Morgan fingerprint density at radius 3 is 2.65 bits per heavy atom. The fourth-order valence-electron chi connectivity index (χ4n) is 2.64. The fourth-order valence-corrected chi connectivity index (χ4v) is 2.91. The van der Waals surface area contributed by atoms with E-state index >= 15 is 0 Å². The molecule has 1 heterocycles. The zero-order valence-corrected chi connectivity index (χ0v) is 14.2. The molecule has 0 spiro atoms. The molecular formula is C18H17BrN2O2. The van der Waals surface area contributed by atoms with Crippen molar-refractivity contribution in [3.05, 3.63) is 70.3 Å². The standard InChI is InChI=1S/C18H17BrN2O2/c1-21-11-15(14-4-2-3-5-16(14)21)17(22)10-20-18(23)12-6-8-13(19)9-7-12/h2-9,11,17,22H,10H2,1H3,(H,20,23). The molecule has 4 nitrogen and oxygen atoms in total. The van der Waals surface area contributed by atoms with Gasteiger partial charge in [-0.1, -0.05) is 34.1 Å². The van der Waals surface area contributed by atoms with E-state index in [0.717, 1.165) is 20.9 Å². The number of hydrogen-bond donors (Lipinski definition) is 2. The van der Waals surface area contributed by atoms with E-state index in [0.29, 0.717) is 5.56 Å². The Balaban J connectivity index is 1.72. The zero-order valence-electron chi connectivity index (χ0n) is 12.7. The molecule has 23 heavy (non-hydrogen) atoms. The maximum atomic E-state index is 12.1. The molecule has 2 aromatic carbocycles. The number of aliphatic hydroxyl groups is 1. The summed E-state index contributed by atoms with van der Waals surface area (Å²) in [6, 6.07) is 15.0. The smallest absolute Gasteiger partial charge is 0.251 e. The first-order valence-electron chi connectivity index (χ1n) is 7.32. The molecule has 0 saturated heterocycles. The highest BCUT2D eigenvalue weighted by Crippen LogP contribution is 2.25. The van der Waals surface area contributed by atoms with Gasteiger partial charge >= 0.3 is 0 Å². The fraction of sp³-hybridized carbons (Fsp3) is 0.167. The second-order valence-electron chi connectivity index (χ2n) is 5.45. The predicted octanol–water partition coefficient (Wildman–Crippen LogP) is 3.40. The lowest BCUT2D eigenvalue weighted by Crippen LogP contribution is -2.28. The topological polar surface area (TPSA) is 54.3 Å². The minimum absolute atomic E-state index is 0.170. The van der Waals surface area contributed by atoms with E-state index in [1.54, 1.807) is 12.1 Å². The first-order valence-corrected chi connectivity index (χ1v) is 8.11. The van der Waals surface area contributed by atoms with Crippen LogP contribution in [0, 0.1) is 0 Å². The van der Waals surface area contributed by atoms with E-state index in [9.17, 15) is 9.90 Å². The number of rotatable bonds is 4. The number of nitrogens with zero attached hydrogens (tertiary/aromatic N) is 1. The zero-order chi connectivity index (χ0) is 16.4. The number of amides is 1. The number of nitrogens with one attached hydrogen (secondary N) is 1. The van der Waals surface area contributed by atoms with Crippen LogP contribution < -0.4 is 5.32 Å². The summed E-state index contributed by atoms with van der Waals surface area (Å²) in [5.41, 5.74) is 2.44. The number of benzene rings is 2. The molecule has 3 rings (SSSR count). The maximum Gasteiger partial charge on any atom is 0.251 e. The monoisotopic (exact) mass is 372 g/mol. The van der Waals surface area contributed by atoms with Crippen molar-refractivity contribution in [1.29, 1.82) is 0 Å². The lowest BCUT2D eigenvalue weighted by molar-refractivity contribution is 0.0917. The Hall–Kier alpha value is -2.11. The summed E-state index contributed by atoms with van der Waals surface area (Å²) in [6.45, 7) is 0.170. The van der Waals surface area contributed by atoms with Crippen LogP contribution in [-0.4, -0.2) is 22.1 Å². The van der Waals surface area contributed by atoms with Crippen molar-refractivity contribution in [3.8, 4) is 0 Å². The van der Waals surface area contributed by atoms with Crippen LogP contribution in [-0.2, 0) is 7.05 Å². The van der Waals surface area contributed by atoms with Gasteiger partial charge in [-0.3, -0.25) is 4.79 Å². The van der Waals surface area contributed by atoms with Gasteiger partial charge in [0.15, 0.2) is 0 Å². The Kier molecular flexibility index (Phi) is 4.50. The average Bonchev–Trinajstić information content (AvgIpc) is 2.90. The first-order chi connectivity index (χ1) is 11.1. The normalized spacial score (nSPS) is 12.3. The lowest BCUT2D eigenvalue weighted by atomic mass is 10.1. The van der Waals surface area contributed by atoms with E-state index in [1.807, 2.05) is 54.2 Å². The van der Waals surface area contributed by atoms with Crippen LogP contribution in [0.15, 0.2) is 59.2 Å². The molecular weight excluding hydrogens is 356 g/mol. The van der Waals surface area contributed by atoms with Gasteiger partial charge in [0.25, 0.3) is 5.91 Å². The third-order valence-corrected chi connectivity index (χ3v) is 4.38. The van der Waals surface area contributed by atoms with E-state index in [2.05, 4.69) is 21.2 Å². The SMILES string of the molecule is Cn1cc(C(O)CNC(=O)c2ccc(Br)cc2)c2ccccc21. The molecule has 0 saturated carbocycles. The Morgan fingerprint density at radius 2 is 1.91 bits per heavy atom. The number of fused-ring (bicyclic) bond motifs is 1. The molecule has 0 bridgehead atoms. The molecule has 0 fully saturated rings. The van der Waals surface area contributed by atoms with Gasteiger partial charge in [0, 0.05) is 46.3 Å². The van der Waals surface area contributed by atoms with Gasteiger partial charge in [0.2, 0.25) is 0 Å². The molecule has 5 heteroatoms. The van der Waals surface area contributed by atoms with Gasteiger partial charge in [0.05, 0.1) is 6.10 Å². The van der Waals surface area contributed by atoms with Crippen LogP contribution in [0.5, 0.6) is 0 Å². The van der Waals surface area contributed by atoms with Gasteiger partial charge in [-0.25, -0.2) is 0 Å². The molecule has 1 unspecified atom stereocenters. The summed E-state index contributed by atoms with van der Waals surface area (Å²) < 4.78 is 2.90. The van der Waals surface area contributed by atoms with Crippen molar-refractivity contribution in [3.63, 3.8) is 0 Å². The lowest BCUT2D eigenvalue weighted by Gasteiger charge is -2.11. The van der Waals surface area contributed by atoms with Crippen molar-refractivity contribution in [2.45, 2.75) is 6.10 Å². The summed E-state index contributed by atoms with van der Waals surface area (Å²) in [6.07, 6.45) is 1.15. The first kappa shape index (κ1) is 15.8. The van der Waals surface area contributed by atoms with Crippen LogP contribution in [0.25, 0.3) is 10.9 Å². The molecule has 1 aromatic heterocycles. The third-order valence-electron chi connectivity index (χ3n) is 3.85. The number of carbonyl (C=O) groups excluding carboxylic acids is 1. The molecule has 1 amide bonds. The van der Waals surface area contributed by atoms with E-state index in [-0.39, 0.29) is 12.5 Å². The minimum atomic E-state index is -0.750. The number of hydrogen-bond acceptors (Lipinski definition) is 2. The highest BCUT2D eigenvalue weighted by atomic mass is 79.9. The van der Waals surface area contributed by atoms with Gasteiger partial charge < -0.3 is 15.0 Å². The van der Waals surface area contributed by atoms with Crippen LogP contribution >= 0.6 is 15.9 Å². The van der Waals surface area contributed by atoms with Gasteiger partial charge in [-0.15, -0.1) is 0 Å². The summed E-state index contributed by atoms with van der Waals surface area (Å²) in [4.78, 5) is 12.1. The predicted molar refractivity (Wildman–Crippen MR) is 94.4 cm³/mol. The number of aryl methyl sites for hydroxylation is 1. The van der Waals surface area contributed by atoms with Crippen LogP contribution in [0.3, 0.4) is 0 Å². The van der Waals surface area contributed by atoms with Gasteiger partial charge in [0.1, 0.15) is 0 Å². The number of halogens is 1. The molecule has 118 valence electrons. The number of aromatic nitrogens is 1. The minimum Gasteiger partial charge on any atom is -0.386 e. The van der Waals surface area contributed by atoms with Crippen LogP contribution in [0.2, 0.25) is 0 Å². The summed E-state index contributed by atoms with van der Waals surface area (Å²) in [7, 11) is 1.94. The second kappa shape index (κ2) is 6.56. The third kappa shape index (κ3) is 3.30. The van der Waals surface area contributed by atoms with Gasteiger partial charge in [-0.2, -0.15) is 0 Å². The maximum absolute atomic E-state index is 12.1. The molecule has 0 radical (unpaired) electrons.